The number of anilines is 1. The Morgan fingerprint density at radius 3 is 2.96 bits per heavy atom. The molecule has 2 heterocycles. The number of hydrogen-bond acceptors (Lipinski definition) is 3. The Balaban J connectivity index is 1.42. The van der Waals surface area contributed by atoms with Crippen molar-refractivity contribution in [3.05, 3.63) is 58.4 Å². The average molecular weight is 347 g/mol. The van der Waals surface area contributed by atoms with Crippen LogP contribution in [-0.2, 0) is 19.4 Å². The number of benzene rings is 1. The highest BCUT2D eigenvalue weighted by Crippen LogP contribution is 2.35. The molecule has 1 N–H and O–H groups in total. The summed E-state index contributed by atoms with van der Waals surface area (Å²) in [5.74, 6) is 0.556. The summed E-state index contributed by atoms with van der Waals surface area (Å²) < 4.78 is 0. The average Bonchev–Trinajstić information content (AvgIpc) is 3.22. The first-order valence-corrected chi connectivity index (χ1v) is 9.40. The number of hydrogen-bond donors (Lipinski definition) is 1. The van der Waals surface area contributed by atoms with Crippen molar-refractivity contribution in [1.29, 1.82) is 0 Å². The molecule has 1 aromatic heterocycles. The van der Waals surface area contributed by atoms with Crippen molar-refractivity contribution in [3.63, 3.8) is 0 Å². The van der Waals surface area contributed by atoms with Gasteiger partial charge in [0.05, 0.1) is 11.3 Å². The zero-order valence-corrected chi connectivity index (χ0v) is 14.6. The molecule has 2 aliphatic carbocycles. The van der Waals surface area contributed by atoms with E-state index in [0.29, 0.717) is 29.3 Å². The number of aromatic nitrogens is 1. The fourth-order valence-electron chi connectivity index (χ4n) is 4.15. The number of aryl methyl sites for hydroxylation is 1. The molecule has 2 amide bonds. The summed E-state index contributed by atoms with van der Waals surface area (Å²) >= 11 is 0. The largest absolute Gasteiger partial charge is 0.334 e. The van der Waals surface area contributed by atoms with Crippen LogP contribution < -0.4 is 5.32 Å². The van der Waals surface area contributed by atoms with Crippen molar-refractivity contribution in [2.45, 2.75) is 38.6 Å². The second kappa shape index (κ2) is 5.94. The molecule has 5 heteroatoms. The van der Waals surface area contributed by atoms with Crippen molar-refractivity contribution in [2.75, 3.05) is 11.9 Å². The Bertz CT molecular complexity index is 917. The minimum Gasteiger partial charge on any atom is -0.334 e. The quantitative estimate of drug-likeness (QED) is 0.924. The summed E-state index contributed by atoms with van der Waals surface area (Å²) in [5.41, 5.74) is 5.06. The molecule has 0 atom stereocenters. The Labute approximate surface area is 152 Å². The Morgan fingerprint density at radius 2 is 2.12 bits per heavy atom. The van der Waals surface area contributed by atoms with E-state index in [-0.39, 0.29) is 11.8 Å². The second-order valence-electron chi connectivity index (χ2n) is 7.56. The lowest BCUT2D eigenvalue weighted by Crippen LogP contribution is -2.26. The van der Waals surface area contributed by atoms with Crippen LogP contribution in [0.3, 0.4) is 0 Å². The number of amides is 2. The monoisotopic (exact) mass is 347 g/mol. The highest BCUT2D eigenvalue weighted by molar-refractivity contribution is 6.11. The molecular weight excluding hydrogens is 326 g/mol. The van der Waals surface area contributed by atoms with Gasteiger partial charge in [0.1, 0.15) is 0 Å². The zero-order chi connectivity index (χ0) is 17.7. The lowest BCUT2D eigenvalue weighted by atomic mass is 10.1. The maximum Gasteiger partial charge on any atom is 0.256 e. The standard InChI is InChI=1S/C21H21N3O2/c25-20(16-9-10-22-17-5-2-4-15(16)17)23-18-6-1-3-14-12-24(11-13-7-8-13)21(26)19(14)18/h1,3,6,9-10,13H,2,4-5,7-8,11-12H2,(H,23,25). The molecule has 132 valence electrons. The van der Waals surface area contributed by atoms with Crippen LogP contribution in [0.5, 0.6) is 0 Å². The Kier molecular flexibility index (Phi) is 3.55. The molecule has 0 spiro atoms. The normalized spacial score (nSPS) is 18.0. The van der Waals surface area contributed by atoms with E-state index in [0.717, 1.165) is 42.6 Å². The van der Waals surface area contributed by atoms with Crippen LogP contribution in [-0.4, -0.2) is 28.2 Å². The van der Waals surface area contributed by atoms with Gasteiger partial charge in [-0.25, -0.2) is 0 Å². The highest BCUT2D eigenvalue weighted by atomic mass is 16.2. The lowest BCUT2D eigenvalue weighted by molar-refractivity contribution is 0.0772. The first-order valence-electron chi connectivity index (χ1n) is 9.40. The molecule has 1 aromatic carbocycles. The van der Waals surface area contributed by atoms with Gasteiger partial charge in [-0.05, 0) is 61.3 Å². The van der Waals surface area contributed by atoms with E-state index >= 15 is 0 Å². The lowest BCUT2D eigenvalue weighted by Gasteiger charge is -2.15. The van der Waals surface area contributed by atoms with Gasteiger partial charge in [-0.2, -0.15) is 0 Å². The van der Waals surface area contributed by atoms with E-state index in [1.54, 1.807) is 12.3 Å². The van der Waals surface area contributed by atoms with Crippen molar-refractivity contribution in [2.24, 2.45) is 5.92 Å². The van der Waals surface area contributed by atoms with Crippen LogP contribution in [0, 0.1) is 5.92 Å². The van der Waals surface area contributed by atoms with Gasteiger partial charge in [0.25, 0.3) is 11.8 Å². The third kappa shape index (κ3) is 2.59. The minimum absolute atomic E-state index is 0.0442. The predicted molar refractivity (Wildman–Crippen MR) is 98.1 cm³/mol. The summed E-state index contributed by atoms with van der Waals surface area (Å²) in [5, 5.41) is 2.99. The van der Waals surface area contributed by atoms with E-state index < -0.39 is 0 Å². The van der Waals surface area contributed by atoms with Crippen LogP contribution >= 0.6 is 0 Å². The molecule has 0 radical (unpaired) electrons. The van der Waals surface area contributed by atoms with Gasteiger partial charge in [-0.3, -0.25) is 14.6 Å². The van der Waals surface area contributed by atoms with Crippen LogP contribution in [0.2, 0.25) is 0 Å². The van der Waals surface area contributed by atoms with Crippen LogP contribution in [0.15, 0.2) is 30.5 Å². The molecule has 5 rings (SSSR count). The second-order valence-corrected chi connectivity index (χ2v) is 7.56. The van der Waals surface area contributed by atoms with E-state index in [1.165, 1.54) is 12.8 Å². The fraction of sp³-hybridized carbons (Fsp3) is 0.381. The van der Waals surface area contributed by atoms with E-state index in [4.69, 9.17) is 0 Å². The van der Waals surface area contributed by atoms with Crippen LogP contribution in [0.1, 0.15) is 56.8 Å². The third-order valence-electron chi connectivity index (χ3n) is 5.67. The smallest absolute Gasteiger partial charge is 0.256 e. The number of carbonyl (C=O) groups is 2. The van der Waals surface area contributed by atoms with Crippen molar-refractivity contribution in [3.8, 4) is 0 Å². The van der Waals surface area contributed by atoms with Crippen molar-refractivity contribution < 1.29 is 9.59 Å². The van der Waals surface area contributed by atoms with Crippen LogP contribution in [0.25, 0.3) is 0 Å². The highest BCUT2D eigenvalue weighted by Gasteiger charge is 2.34. The van der Waals surface area contributed by atoms with Gasteiger partial charge < -0.3 is 10.2 Å². The molecule has 1 saturated carbocycles. The minimum atomic E-state index is -0.146. The van der Waals surface area contributed by atoms with E-state index in [2.05, 4.69) is 10.3 Å². The summed E-state index contributed by atoms with van der Waals surface area (Å²) in [6.45, 7) is 1.48. The summed E-state index contributed by atoms with van der Waals surface area (Å²) in [6.07, 6.45) is 7.02. The van der Waals surface area contributed by atoms with Gasteiger partial charge in [0.2, 0.25) is 0 Å². The zero-order valence-electron chi connectivity index (χ0n) is 14.6. The predicted octanol–water partition coefficient (Wildman–Crippen LogP) is 3.19. The summed E-state index contributed by atoms with van der Waals surface area (Å²) in [7, 11) is 0. The SMILES string of the molecule is O=C(Nc1cccc2c1C(=O)N(CC1CC1)C2)c1ccnc2c1CCC2. The van der Waals surface area contributed by atoms with Crippen molar-refractivity contribution >= 4 is 17.5 Å². The van der Waals surface area contributed by atoms with E-state index in [1.807, 2.05) is 23.1 Å². The first-order chi connectivity index (χ1) is 12.7. The number of pyridine rings is 1. The number of nitrogens with zero attached hydrogens (tertiary/aromatic N) is 2. The number of rotatable bonds is 4. The third-order valence-corrected chi connectivity index (χ3v) is 5.67. The van der Waals surface area contributed by atoms with E-state index in [9.17, 15) is 9.59 Å². The van der Waals surface area contributed by atoms with Crippen molar-refractivity contribution in [1.82, 2.24) is 9.88 Å². The first kappa shape index (κ1) is 15.6. The molecule has 0 unspecified atom stereocenters. The molecule has 0 saturated heterocycles. The topological polar surface area (TPSA) is 62.3 Å². The number of nitrogens with one attached hydrogen (secondary N) is 1. The molecule has 3 aliphatic rings. The maximum atomic E-state index is 12.9. The number of fused-ring (bicyclic) bond motifs is 2. The van der Waals surface area contributed by atoms with Gasteiger partial charge in [-0.15, -0.1) is 0 Å². The summed E-state index contributed by atoms with van der Waals surface area (Å²) in [6, 6.07) is 7.51. The van der Waals surface area contributed by atoms with Gasteiger partial charge in [0, 0.05) is 30.5 Å². The van der Waals surface area contributed by atoms with Crippen LogP contribution in [0.4, 0.5) is 5.69 Å². The Hall–Kier alpha value is -2.69. The number of carbonyl (C=O) groups excluding carboxylic acids is 2. The molecule has 1 aliphatic heterocycles. The molecule has 5 nitrogen and oxygen atoms in total. The van der Waals surface area contributed by atoms with Gasteiger partial charge >= 0.3 is 0 Å². The fourth-order valence-corrected chi connectivity index (χ4v) is 4.15. The maximum absolute atomic E-state index is 12.9. The molecule has 0 bridgehead atoms. The molecule has 26 heavy (non-hydrogen) atoms. The molecule has 1 fully saturated rings. The molecule has 2 aromatic rings. The molecular formula is C21H21N3O2. The van der Waals surface area contributed by atoms with Gasteiger partial charge in [-0.1, -0.05) is 12.1 Å². The summed E-state index contributed by atoms with van der Waals surface area (Å²) in [4.78, 5) is 32.0. The van der Waals surface area contributed by atoms with Gasteiger partial charge in [0.15, 0.2) is 0 Å². The Morgan fingerprint density at radius 1 is 1.23 bits per heavy atom.